The summed E-state index contributed by atoms with van der Waals surface area (Å²) in [5.74, 6) is -0.115. The Bertz CT molecular complexity index is 1220. The van der Waals surface area contributed by atoms with Crippen LogP contribution in [0.1, 0.15) is 74.5 Å². The predicted molar refractivity (Wildman–Crippen MR) is 153 cm³/mol. The van der Waals surface area contributed by atoms with Crippen molar-refractivity contribution in [3.8, 4) is 0 Å². The molecule has 2 unspecified atom stereocenters. The van der Waals surface area contributed by atoms with E-state index in [9.17, 15) is 19.7 Å². The van der Waals surface area contributed by atoms with Crippen molar-refractivity contribution >= 4 is 17.5 Å². The molecular weight excluding hydrogens is 490 g/mol. The van der Waals surface area contributed by atoms with Crippen molar-refractivity contribution in [1.29, 1.82) is 0 Å². The minimum Gasteiger partial charge on any atom is -0.299 e. The third-order valence-electron chi connectivity index (χ3n) is 7.89. The van der Waals surface area contributed by atoms with Crippen molar-refractivity contribution in [3.05, 3.63) is 99.1 Å². The Balaban J connectivity index is 1.20. The molecule has 0 aromatic heterocycles. The molecule has 206 valence electrons. The Labute approximate surface area is 231 Å². The maximum absolute atomic E-state index is 12.2. The van der Waals surface area contributed by atoms with E-state index in [4.69, 9.17) is 0 Å². The molecule has 1 fully saturated rings. The number of carbonyl (C=O) groups is 2. The van der Waals surface area contributed by atoms with Crippen LogP contribution in [0.2, 0.25) is 0 Å². The number of amides is 2. The van der Waals surface area contributed by atoms with E-state index in [0.29, 0.717) is 18.8 Å². The molecule has 1 N–H and O–H groups in total. The van der Waals surface area contributed by atoms with Crippen molar-refractivity contribution in [2.45, 2.75) is 70.8 Å². The van der Waals surface area contributed by atoms with Gasteiger partial charge in [0.05, 0.1) is 10.8 Å². The minimum absolute atomic E-state index is 0.130. The quantitative estimate of drug-likeness (QED) is 0.143. The predicted octanol–water partition coefficient (Wildman–Crippen LogP) is 6.24. The number of hydrogen-bond acceptors (Lipinski definition) is 5. The highest BCUT2D eigenvalue weighted by molar-refractivity contribution is 6.00. The van der Waals surface area contributed by atoms with Crippen LogP contribution in [0.4, 0.5) is 5.69 Å². The summed E-state index contributed by atoms with van der Waals surface area (Å²) in [6.45, 7) is 9.39. The minimum atomic E-state index is -0.359. The van der Waals surface area contributed by atoms with Crippen LogP contribution in [-0.2, 0) is 22.6 Å². The Morgan fingerprint density at radius 1 is 1.08 bits per heavy atom. The standard InChI is InChI=1S/C32H39N3O4/c1-3-18-34(22-25-9-14-29(15-10-25)35(38)39)19-4-5-23(2)28-13-8-26(21-28)20-24-6-11-27(12-7-24)30-16-17-31(36)33-32(30)37/h6-12,14-15,28,30H,2-5,13,16-22H2,1H3,(H,33,36,37). The third kappa shape index (κ3) is 7.96. The molecule has 1 heterocycles. The Hall–Kier alpha value is -3.58. The highest BCUT2D eigenvalue weighted by atomic mass is 16.6. The van der Waals surface area contributed by atoms with E-state index in [1.54, 1.807) is 12.1 Å². The largest absolute Gasteiger partial charge is 0.299 e. The van der Waals surface area contributed by atoms with Gasteiger partial charge in [0.25, 0.3) is 5.69 Å². The van der Waals surface area contributed by atoms with E-state index in [1.165, 1.54) is 16.7 Å². The van der Waals surface area contributed by atoms with Crippen molar-refractivity contribution in [3.63, 3.8) is 0 Å². The molecule has 1 aliphatic heterocycles. The maximum Gasteiger partial charge on any atom is 0.269 e. The highest BCUT2D eigenvalue weighted by Crippen LogP contribution is 2.34. The smallest absolute Gasteiger partial charge is 0.269 e. The fourth-order valence-electron chi connectivity index (χ4n) is 5.69. The fourth-order valence-corrected chi connectivity index (χ4v) is 5.69. The lowest BCUT2D eigenvalue weighted by molar-refractivity contribution is -0.384. The van der Waals surface area contributed by atoms with Gasteiger partial charge >= 0.3 is 0 Å². The lowest BCUT2D eigenvalue weighted by Crippen LogP contribution is -2.39. The number of nitrogens with one attached hydrogen (secondary N) is 1. The molecule has 2 amide bonds. The number of carbonyl (C=O) groups excluding carboxylic acids is 2. The molecule has 0 saturated carbocycles. The first kappa shape index (κ1) is 28.4. The molecule has 2 aromatic carbocycles. The zero-order chi connectivity index (χ0) is 27.8. The van der Waals surface area contributed by atoms with Gasteiger partial charge in [-0.1, -0.05) is 67.1 Å². The second kappa shape index (κ2) is 13.5. The molecule has 0 bridgehead atoms. The van der Waals surface area contributed by atoms with Gasteiger partial charge in [-0.3, -0.25) is 29.9 Å². The summed E-state index contributed by atoms with van der Waals surface area (Å²) in [4.78, 5) is 36.5. The summed E-state index contributed by atoms with van der Waals surface area (Å²) in [6, 6.07) is 15.1. The number of imide groups is 1. The van der Waals surface area contributed by atoms with Gasteiger partial charge in [0.1, 0.15) is 0 Å². The van der Waals surface area contributed by atoms with Crippen molar-refractivity contribution in [1.82, 2.24) is 10.2 Å². The Kier molecular flexibility index (Phi) is 9.82. The number of nitrogens with zero attached hydrogens (tertiary/aromatic N) is 2. The van der Waals surface area contributed by atoms with Crippen molar-refractivity contribution in [2.24, 2.45) is 5.92 Å². The number of nitro groups is 1. The monoisotopic (exact) mass is 529 g/mol. The second-order valence-corrected chi connectivity index (χ2v) is 10.9. The molecular formula is C32H39N3O4. The van der Waals surface area contributed by atoms with Crippen LogP contribution < -0.4 is 5.32 Å². The van der Waals surface area contributed by atoms with Crippen molar-refractivity contribution in [2.75, 3.05) is 13.1 Å². The molecule has 2 atom stereocenters. The second-order valence-electron chi connectivity index (χ2n) is 10.9. The first-order chi connectivity index (χ1) is 18.8. The van der Waals surface area contributed by atoms with Crippen molar-refractivity contribution < 1.29 is 14.5 Å². The molecule has 2 aromatic rings. The molecule has 4 rings (SSSR count). The average molecular weight is 530 g/mol. The molecule has 1 saturated heterocycles. The SMILES string of the molecule is C=C(CCCN(CCC)Cc1ccc([N+](=O)[O-])cc1)C1CC=C(Cc2ccc(C3CCC(=O)NC3=O)cc2)C1. The lowest BCUT2D eigenvalue weighted by atomic mass is 9.89. The third-order valence-corrected chi connectivity index (χ3v) is 7.89. The molecule has 39 heavy (non-hydrogen) atoms. The zero-order valence-corrected chi connectivity index (χ0v) is 22.9. The van der Waals surface area contributed by atoms with Gasteiger partial charge in [-0.2, -0.15) is 0 Å². The van der Waals surface area contributed by atoms with Crippen LogP contribution in [0.3, 0.4) is 0 Å². The molecule has 0 spiro atoms. The van der Waals surface area contributed by atoms with Gasteiger partial charge in [0.2, 0.25) is 11.8 Å². The molecule has 7 nitrogen and oxygen atoms in total. The van der Waals surface area contributed by atoms with Gasteiger partial charge < -0.3 is 0 Å². The summed E-state index contributed by atoms with van der Waals surface area (Å²) >= 11 is 0. The van der Waals surface area contributed by atoms with Crippen LogP contribution in [0.5, 0.6) is 0 Å². The number of nitro benzene ring substituents is 1. The maximum atomic E-state index is 12.2. The number of allylic oxidation sites excluding steroid dienone is 3. The highest BCUT2D eigenvalue weighted by Gasteiger charge is 2.28. The van der Waals surface area contributed by atoms with Gasteiger partial charge in [-0.15, -0.1) is 0 Å². The number of non-ortho nitro benzene ring substituents is 1. The average Bonchev–Trinajstić information content (AvgIpc) is 3.38. The molecule has 1 aliphatic carbocycles. The summed E-state index contributed by atoms with van der Waals surface area (Å²) in [5.41, 5.74) is 6.21. The van der Waals surface area contributed by atoms with Gasteiger partial charge in [-0.25, -0.2) is 0 Å². The van der Waals surface area contributed by atoms with E-state index in [2.05, 4.69) is 41.9 Å². The van der Waals surface area contributed by atoms with Gasteiger partial charge in [0, 0.05) is 25.1 Å². The molecule has 0 radical (unpaired) electrons. The zero-order valence-electron chi connectivity index (χ0n) is 22.9. The van der Waals surface area contributed by atoms with Crippen LogP contribution in [0.25, 0.3) is 0 Å². The van der Waals surface area contributed by atoms with Crippen LogP contribution in [-0.4, -0.2) is 34.7 Å². The summed E-state index contributed by atoms with van der Waals surface area (Å²) in [5, 5.41) is 13.4. The topological polar surface area (TPSA) is 92.5 Å². The van der Waals surface area contributed by atoms with Gasteiger partial charge in [-0.05, 0) is 80.6 Å². The number of benzene rings is 2. The summed E-state index contributed by atoms with van der Waals surface area (Å²) in [6.07, 6.45) is 9.48. The Morgan fingerprint density at radius 2 is 1.79 bits per heavy atom. The molecule has 2 aliphatic rings. The number of hydrogen-bond donors (Lipinski definition) is 1. The Morgan fingerprint density at radius 3 is 2.46 bits per heavy atom. The van der Waals surface area contributed by atoms with Crippen LogP contribution >= 0.6 is 0 Å². The first-order valence-electron chi connectivity index (χ1n) is 14.1. The van der Waals surface area contributed by atoms with E-state index >= 15 is 0 Å². The summed E-state index contributed by atoms with van der Waals surface area (Å²) < 4.78 is 0. The normalized spacial score (nSPS) is 19.2. The molecule has 7 heteroatoms. The van der Waals surface area contributed by atoms with Crippen LogP contribution in [0.15, 0.2) is 72.3 Å². The first-order valence-corrected chi connectivity index (χ1v) is 14.1. The van der Waals surface area contributed by atoms with Crippen LogP contribution in [0, 0.1) is 16.0 Å². The van der Waals surface area contributed by atoms with E-state index in [-0.39, 0.29) is 28.3 Å². The van der Waals surface area contributed by atoms with E-state index in [0.717, 1.165) is 69.3 Å². The van der Waals surface area contributed by atoms with Gasteiger partial charge in [0.15, 0.2) is 0 Å². The number of piperidine rings is 1. The fraction of sp³-hybridized carbons (Fsp3) is 0.438. The van der Waals surface area contributed by atoms with E-state index in [1.807, 2.05) is 24.3 Å². The van der Waals surface area contributed by atoms with E-state index < -0.39 is 0 Å². The summed E-state index contributed by atoms with van der Waals surface area (Å²) in [7, 11) is 0. The number of rotatable bonds is 13. The lowest BCUT2D eigenvalue weighted by Gasteiger charge is -2.23.